The average Bonchev–Trinajstić information content (AvgIpc) is 2.38. The number of nitrogens with zero attached hydrogens (tertiary/aromatic N) is 2. The summed E-state index contributed by atoms with van der Waals surface area (Å²) in [6.07, 6.45) is 1.86. The maximum atomic E-state index is 12.5. The van der Waals surface area contributed by atoms with Gasteiger partial charge in [-0.1, -0.05) is 0 Å². The minimum atomic E-state index is 0.00296. The Morgan fingerprint density at radius 2 is 2.06 bits per heavy atom. The van der Waals surface area contributed by atoms with Gasteiger partial charge in [-0.3, -0.25) is 9.59 Å². The number of likely N-dealkylation sites (tertiary alicyclic amines) is 1. The molecular formula is C13H23N3O2. The lowest BCUT2D eigenvalue weighted by Crippen LogP contribution is -2.55. The molecule has 0 aliphatic carbocycles. The van der Waals surface area contributed by atoms with Gasteiger partial charge >= 0.3 is 0 Å². The zero-order valence-electron chi connectivity index (χ0n) is 11.3. The van der Waals surface area contributed by atoms with Crippen molar-refractivity contribution in [1.29, 1.82) is 0 Å². The van der Waals surface area contributed by atoms with Crippen LogP contribution in [0.4, 0.5) is 0 Å². The second kappa shape index (κ2) is 5.69. The molecule has 0 radical (unpaired) electrons. The topological polar surface area (TPSA) is 52.7 Å². The fourth-order valence-corrected chi connectivity index (χ4v) is 2.87. The molecule has 5 heteroatoms. The normalized spacial score (nSPS) is 29.2. The number of hydrogen-bond donors (Lipinski definition) is 1. The second-order valence-corrected chi connectivity index (χ2v) is 5.39. The third-order valence-corrected chi connectivity index (χ3v) is 4.00. The van der Waals surface area contributed by atoms with E-state index in [0.29, 0.717) is 6.54 Å². The Balaban J connectivity index is 1.97. The number of carbonyl (C=O) groups is 2. The molecule has 2 saturated heterocycles. The fraction of sp³-hybridized carbons (Fsp3) is 0.846. The Morgan fingerprint density at radius 1 is 1.28 bits per heavy atom. The van der Waals surface area contributed by atoms with Crippen molar-refractivity contribution in [3.63, 3.8) is 0 Å². The Kier molecular flexibility index (Phi) is 4.22. The van der Waals surface area contributed by atoms with Gasteiger partial charge in [0.2, 0.25) is 11.8 Å². The monoisotopic (exact) mass is 253 g/mol. The van der Waals surface area contributed by atoms with E-state index >= 15 is 0 Å². The van der Waals surface area contributed by atoms with E-state index in [1.807, 2.05) is 4.90 Å². The van der Waals surface area contributed by atoms with Gasteiger partial charge in [0, 0.05) is 45.7 Å². The maximum Gasteiger partial charge on any atom is 0.227 e. The van der Waals surface area contributed by atoms with E-state index in [9.17, 15) is 9.59 Å². The van der Waals surface area contributed by atoms with Crippen molar-refractivity contribution in [3.05, 3.63) is 0 Å². The Hall–Kier alpha value is -1.10. The molecule has 2 rings (SSSR count). The minimum absolute atomic E-state index is 0.00296. The van der Waals surface area contributed by atoms with Crippen molar-refractivity contribution in [2.75, 3.05) is 32.7 Å². The van der Waals surface area contributed by atoms with Crippen LogP contribution in [0.25, 0.3) is 0 Å². The van der Waals surface area contributed by atoms with Crippen molar-refractivity contribution >= 4 is 11.8 Å². The average molecular weight is 253 g/mol. The standard InChI is InChI=1S/C13H23N3O2/c1-10-8-14-5-7-16(10)13(18)12-4-3-6-15(9-12)11(2)17/h10,12,14H,3-9H2,1-2H3/t10-,12?/m1/s1. The highest BCUT2D eigenvalue weighted by Crippen LogP contribution is 2.20. The molecule has 0 aromatic heterocycles. The third-order valence-electron chi connectivity index (χ3n) is 4.00. The van der Waals surface area contributed by atoms with Crippen LogP contribution in [0.2, 0.25) is 0 Å². The molecule has 5 nitrogen and oxygen atoms in total. The Labute approximate surface area is 108 Å². The Morgan fingerprint density at radius 3 is 2.72 bits per heavy atom. The van der Waals surface area contributed by atoms with Crippen LogP contribution in [0.1, 0.15) is 26.7 Å². The Bertz CT molecular complexity index is 332. The quantitative estimate of drug-likeness (QED) is 0.719. The first kappa shape index (κ1) is 13.3. The summed E-state index contributed by atoms with van der Waals surface area (Å²) in [7, 11) is 0. The molecule has 2 fully saturated rings. The van der Waals surface area contributed by atoms with Crippen molar-refractivity contribution in [3.8, 4) is 0 Å². The number of nitrogens with one attached hydrogen (secondary N) is 1. The lowest BCUT2D eigenvalue weighted by atomic mass is 9.95. The SMILES string of the molecule is CC(=O)N1CCCC(C(=O)N2CCNC[C@H]2C)C1. The van der Waals surface area contributed by atoms with E-state index in [4.69, 9.17) is 0 Å². The molecule has 102 valence electrons. The number of piperazine rings is 1. The molecular weight excluding hydrogens is 230 g/mol. The summed E-state index contributed by atoms with van der Waals surface area (Å²) in [5.74, 6) is 0.319. The zero-order valence-corrected chi connectivity index (χ0v) is 11.3. The lowest BCUT2D eigenvalue weighted by Gasteiger charge is -2.39. The van der Waals surface area contributed by atoms with Crippen LogP contribution in [0.3, 0.4) is 0 Å². The van der Waals surface area contributed by atoms with Crippen LogP contribution >= 0.6 is 0 Å². The maximum absolute atomic E-state index is 12.5. The van der Waals surface area contributed by atoms with E-state index in [0.717, 1.165) is 39.0 Å². The van der Waals surface area contributed by atoms with Crippen LogP contribution in [0.15, 0.2) is 0 Å². The number of rotatable bonds is 1. The molecule has 0 aromatic carbocycles. The summed E-state index contributed by atoms with van der Waals surface area (Å²) < 4.78 is 0. The first-order valence-corrected chi connectivity index (χ1v) is 6.86. The summed E-state index contributed by atoms with van der Waals surface area (Å²) in [5.41, 5.74) is 0. The lowest BCUT2D eigenvalue weighted by molar-refractivity contribution is -0.142. The summed E-state index contributed by atoms with van der Waals surface area (Å²) >= 11 is 0. The molecule has 2 aliphatic heterocycles. The highest BCUT2D eigenvalue weighted by molar-refractivity contribution is 5.81. The fourth-order valence-electron chi connectivity index (χ4n) is 2.87. The predicted octanol–water partition coefficient (Wildman–Crippen LogP) is 0.0652. The van der Waals surface area contributed by atoms with E-state index in [-0.39, 0.29) is 23.8 Å². The van der Waals surface area contributed by atoms with Gasteiger partial charge in [-0.25, -0.2) is 0 Å². The van der Waals surface area contributed by atoms with Gasteiger partial charge in [0.15, 0.2) is 0 Å². The van der Waals surface area contributed by atoms with Crippen molar-refractivity contribution in [2.24, 2.45) is 5.92 Å². The minimum Gasteiger partial charge on any atom is -0.342 e. The highest BCUT2D eigenvalue weighted by atomic mass is 16.2. The first-order chi connectivity index (χ1) is 8.59. The number of piperidine rings is 1. The summed E-state index contributed by atoms with van der Waals surface area (Å²) in [6.45, 7) is 7.60. The van der Waals surface area contributed by atoms with Crippen molar-refractivity contribution in [1.82, 2.24) is 15.1 Å². The summed E-state index contributed by atoms with van der Waals surface area (Å²) in [5, 5.41) is 3.29. The number of hydrogen-bond acceptors (Lipinski definition) is 3. The van der Waals surface area contributed by atoms with Crippen molar-refractivity contribution in [2.45, 2.75) is 32.7 Å². The smallest absolute Gasteiger partial charge is 0.227 e. The molecule has 0 bridgehead atoms. The molecule has 2 heterocycles. The molecule has 2 atom stereocenters. The van der Waals surface area contributed by atoms with Gasteiger partial charge in [-0.2, -0.15) is 0 Å². The number of carbonyl (C=O) groups excluding carboxylic acids is 2. The largest absolute Gasteiger partial charge is 0.342 e. The highest BCUT2D eigenvalue weighted by Gasteiger charge is 2.32. The van der Waals surface area contributed by atoms with Crippen LogP contribution < -0.4 is 5.32 Å². The van der Waals surface area contributed by atoms with E-state index in [1.165, 1.54) is 0 Å². The number of amides is 2. The van der Waals surface area contributed by atoms with Crippen LogP contribution in [0, 0.1) is 5.92 Å². The molecule has 0 spiro atoms. The first-order valence-electron chi connectivity index (χ1n) is 6.86. The van der Waals surface area contributed by atoms with Gasteiger partial charge in [0.05, 0.1) is 5.92 Å². The van der Waals surface area contributed by atoms with Gasteiger partial charge in [0.1, 0.15) is 0 Å². The molecule has 0 saturated carbocycles. The summed E-state index contributed by atoms with van der Waals surface area (Å²) in [4.78, 5) is 27.7. The second-order valence-electron chi connectivity index (χ2n) is 5.39. The molecule has 0 aromatic rings. The van der Waals surface area contributed by atoms with Gasteiger partial charge in [0.25, 0.3) is 0 Å². The molecule has 1 N–H and O–H groups in total. The van der Waals surface area contributed by atoms with Crippen LogP contribution in [0.5, 0.6) is 0 Å². The molecule has 1 unspecified atom stereocenters. The van der Waals surface area contributed by atoms with E-state index < -0.39 is 0 Å². The van der Waals surface area contributed by atoms with Gasteiger partial charge in [-0.05, 0) is 19.8 Å². The van der Waals surface area contributed by atoms with E-state index in [2.05, 4.69) is 12.2 Å². The van der Waals surface area contributed by atoms with Crippen molar-refractivity contribution < 1.29 is 9.59 Å². The third kappa shape index (κ3) is 2.83. The molecule has 2 amide bonds. The zero-order chi connectivity index (χ0) is 13.1. The summed E-state index contributed by atoms with van der Waals surface area (Å²) in [6, 6.07) is 0.263. The van der Waals surface area contributed by atoms with Gasteiger partial charge in [-0.15, -0.1) is 0 Å². The van der Waals surface area contributed by atoms with E-state index in [1.54, 1.807) is 11.8 Å². The van der Waals surface area contributed by atoms with Crippen LogP contribution in [-0.4, -0.2) is 60.4 Å². The molecule has 18 heavy (non-hydrogen) atoms. The molecule has 2 aliphatic rings. The predicted molar refractivity (Wildman–Crippen MR) is 69.0 cm³/mol. The van der Waals surface area contributed by atoms with Crippen LogP contribution in [-0.2, 0) is 9.59 Å². The van der Waals surface area contributed by atoms with Gasteiger partial charge < -0.3 is 15.1 Å².